The minimum absolute atomic E-state index is 0.0136. The molecular formula is C12H16BrN3O4S. The number of nitrogens with zero attached hydrogens (tertiary/aromatic N) is 2. The molecule has 0 saturated carbocycles. The molecule has 0 aromatic carbocycles. The topological polar surface area (TPSA) is 99.6 Å². The Morgan fingerprint density at radius 3 is 2.90 bits per heavy atom. The Bertz CT molecular complexity index is 650. The first kappa shape index (κ1) is 16.2. The Morgan fingerprint density at radius 2 is 2.29 bits per heavy atom. The van der Waals surface area contributed by atoms with E-state index in [1.165, 1.54) is 10.5 Å². The zero-order valence-corrected chi connectivity index (χ0v) is 13.8. The van der Waals surface area contributed by atoms with Crippen LogP contribution in [0.5, 0.6) is 0 Å². The van der Waals surface area contributed by atoms with Crippen LogP contribution in [-0.4, -0.2) is 41.9 Å². The standard InChI is InChI=1S/C12H16BrN3O4S/c1-8-5-10(13)6-14-11(8)15-21(19,20)16-4-2-3-9(7-16)12(17)18/h5-6,9H,2-4,7H2,1H3,(H,14,15)(H,17,18). The fraction of sp³-hybridized carbons (Fsp3) is 0.500. The number of pyridine rings is 1. The molecule has 2 rings (SSSR count). The van der Waals surface area contributed by atoms with E-state index in [4.69, 9.17) is 5.11 Å². The average molecular weight is 378 g/mol. The fourth-order valence-electron chi connectivity index (χ4n) is 2.20. The lowest BCUT2D eigenvalue weighted by Crippen LogP contribution is -2.44. The molecule has 1 aromatic heterocycles. The van der Waals surface area contributed by atoms with Gasteiger partial charge in [-0.25, -0.2) is 4.98 Å². The molecule has 2 heterocycles. The van der Waals surface area contributed by atoms with Crippen molar-refractivity contribution >= 4 is 37.9 Å². The molecule has 0 radical (unpaired) electrons. The van der Waals surface area contributed by atoms with Gasteiger partial charge >= 0.3 is 16.2 Å². The van der Waals surface area contributed by atoms with Gasteiger partial charge in [-0.1, -0.05) is 0 Å². The van der Waals surface area contributed by atoms with Gasteiger partial charge in [0.15, 0.2) is 0 Å². The second-order valence-electron chi connectivity index (χ2n) is 4.96. The van der Waals surface area contributed by atoms with Gasteiger partial charge in [-0.15, -0.1) is 0 Å². The van der Waals surface area contributed by atoms with Gasteiger partial charge in [0.2, 0.25) is 0 Å². The molecule has 0 aliphatic carbocycles. The summed E-state index contributed by atoms with van der Waals surface area (Å²) >= 11 is 3.26. The summed E-state index contributed by atoms with van der Waals surface area (Å²) in [5.41, 5.74) is 0.680. The van der Waals surface area contributed by atoms with Crippen molar-refractivity contribution in [1.29, 1.82) is 0 Å². The number of nitrogens with one attached hydrogen (secondary N) is 1. The number of carboxylic acids is 1. The van der Waals surface area contributed by atoms with E-state index >= 15 is 0 Å². The molecule has 0 bridgehead atoms. The van der Waals surface area contributed by atoms with E-state index in [9.17, 15) is 13.2 Å². The lowest BCUT2D eigenvalue weighted by atomic mass is 10.0. The van der Waals surface area contributed by atoms with Gasteiger partial charge in [-0.05, 0) is 47.3 Å². The fourth-order valence-corrected chi connectivity index (χ4v) is 3.97. The number of aromatic nitrogens is 1. The predicted octanol–water partition coefficient (Wildman–Crippen LogP) is 1.61. The van der Waals surface area contributed by atoms with Gasteiger partial charge in [-0.3, -0.25) is 9.52 Å². The first-order valence-corrected chi connectivity index (χ1v) is 8.66. The molecule has 1 atom stereocenters. The van der Waals surface area contributed by atoms with E-state index < -0.39 is 22.1 Å². The largest absolute Gasteiger partial charge is 0.481 e. The number of hydrogen-bond donors (Lipinski definition) is 2. The maximum atomic E-state index is 12.3. The molecule has 7 nitrogen and oxygen atoms in total. The number of hydrogen-bond acceptors (Lipinski definition) is 4. The molecule has 1 unspecified atom stereocenters. The van der Waals surface area contributed by atoms with Crippen molar-refractivity contribution < 1.29 is 18.3 Å². The minimum atomic E-state index is -3.80. The van der Waals surface area contributed by atoms with E-state index in [2.05, 4.69) is 25.6 Å². The van der Waals surface area contributed by atoms with Crippen molar-refractivity contribution in [3.8, 4) is 0 Å². The monoisotopic (exact) mass is 377 g/mol. The van der Waals surface area contributed by atoms with Crippen molar-refractivity contribution in [3.63, 3.8) is 0 Å². The third-order valence-electron chi connectivity index (χ3n) is 3.34. The van der Waals surface area contributed by atoms with Crippen LogP contribution in [0.15, 0.2) is 16.7 Å². The van der Waals surface area contributed by atoms with Crippen LogP contribution in [0.4, 0.5) is 5.82 Å². The number of aliphatic carboxylic acids is 1. The van der Waals surface area contributed by atoms with Crippen molar-refractivity contribution in [3.05, 3.63) is 22.3 Å². The summed E-state index contributed by atoms with van der Waals surface area (Å²) in [7, 11) is -3.80. The third-order valence-corrected chi connectivity index (χ3v) is 5.24. The summed E-state index contributed by atoms with van der Waals surface area (Å²) in [6, 6.07) is 1.75. The maximum absolute atomic E-state index is 12.3. The lowest BCUT2D eigenvalue weighted by molar-refractivity contribution is -0.142. The number of rotatable bonds is 4. The molecule has 0 spiro atoms. The Hall–Kier alpha value is -1.19. The van der Waals surface area contributed by atoms with Gasteiger partial charge in [0.25, 0.3) is 0 Å². The number of aryl methyl sites for hydroxylation is 1. The predicted molar refractivity (Wildman–Crippen MR) is 81.1 cm³/mol. The smallest absolute Gasteiger partial charge is 0.307 e. The van der Waals surface area contributed by atoms with Crippen LogP contribution in [0.2, 0.25) is 0 Å². The molecule has 1 fully saturated rings. The zero-order chi connectivity index (χ0) is 15.6. The number of piperidine rings is 1. The highest BCUT2D eigenvalue weighted by atomic mass is 79.9. The van der Waals surface area contributed by atoms with Crippen LogP contribution in [0.1, 0.15) is 18.4 Å². The molecule has 1 saturated heterocycles. The number of carboxylic acid groups (broad SMARTS) is 1. The highest BCUT2D eigenvalue weighted by molar-refractivity contribution is 9.10. The second kappa shape index (κ2) is 6.29. The number of anilines is 1. The first-order valence-electron chi connectivity index (χ1n) is 6.42. The zero-order valence-electron chi connectivity index (χ0n) is 11.4. The summed E-state index contributed by atoms with van der Waals surface area (Å²) in [4.78, 5) is 15.0. The van der Waals surface area contributed by atoms with Crippen LogP contribution >= 0.6 is 15.9 Å². The summed E-state index contributed by atoms with van der Waals surface area (Å²) in [5.74, 6) is -1.38. The van der Waals surface area contributed by atoms with E-state index in [0.717, 1.165) is 4.47 Å². The van der Waals surface area contributed by atoms with Crippen molar-refractivity contribution in [2.24, 2.45) is 5.92 Å². The Kier molecular flexibility index (Phi) is 4.84. The normalized spacial score (nSPS) is 20.2. The summed E-state index contributed by atoms with van der Waals surface area (Å²) in [5, 5.41) is 9.03. The van der Waals surface area contributed by atoms with E-state index in [1.807, 2.05) is 0 Å². The van der Waals surface area contributed by atoms with Crippen LogP contribution in [0.3, 0.4) is 0 Å². The molecule has 2 N–H and O–H groups in total. The highest BCUT2D eigenvalue weighted by Crippen LogP contribution is 2.22. The molecule has 21 heavy (non-hydrogen) atoms. The minimum Gasteiger partial charge on any atom is -0.481 e. The van der Waals surface area contributed by atoms with E-state index in [-0.39, 0.29) is 12.4 Å². The van der Waals surface area contributed by atoms with E-state index in [1.54, 1.807) is 13.0 Å². The second-order valence-corrected chi connectivity index (χ2v) is 7.55. The molecule has 9 heteroatoms. The number of carbonyl (C=O) groups is 1. The van der Waals surface area contributed by atoms with Crippen molar-refractivity contribution in [2.75, 3.05) is 17.8 Å². The van der Waals surface area contributed by atoms with Crippen LogP contribution in [-0.2, 0) is 15.0 Å². The van der Waals surface area contributed by atoms with Crippen molar-refractivity contribution in [1.82, 2.24) is 9.29 Å². The quantitative estimate of drug-likeness (QED) is 0.829. The average Bonchev–Trinajstić information content (AvgIpc) is 2.42. The molecular weight excluding hydrogens is 362 g/mol. The summed E-state index contributed by atoms with van der Waals surface area (Å²) < 4.78 is 29.0. The van der Waals surface area contributed by atoms with Crippen LogP contribution in [0.25, 0.3) is 0 Å². The Morgan fingerprint density at radius 1 is 1.57 bits per heavy atom. The molecule has 1 aliphatic heterocycles. The van der Waals surface area contributed by atoms with Gasteiger partial charge in [0.05, 0.1) is 5.92 Å². The summed E-state index contributed by atoms with van der Waals surface area (Å²) in [6.45, 7) is 2.04. The highest BCUT2D eigenvalue weighted by Gasteiger charge is 2.32. The third kappa shape index (κ3) is 3.92. The van der Waals surface area contributed by atoms with Gasteiger partial charge in [0, 0.05) is 23.8 Å². The van der Waals surface area contributed by atoms with Crippen LogP contribution in [0, 0.1) is 12.8 Å². The SMILES string of the molecule is Cc1cc(Br)cnc1NS(=O)(=O)N1CCCC(C(=O)O)C1. The van der Waals surface area contributed by atoms with Gasteiger partial charge < -0.3 is 5.11 Å². The summed E-state index contributed by atoms with van der Waals surface area (Å²) in [6.07, 6.45) is 2.53. The lowest BCUT2D eigenvalue weighted by Gasteiger charge is -2.29. The Balaban J connectivity index is 2.16. The van der Waals surface area contributed by atoms with Crippen LogP contribution < -0.4 is 4.72 Å². The Labute approximate surface area is 131 Å². The van der Waals surface area contributed by atoms with Crippen molar-refractivity contribution in [2.45, 2.75) is 19.8 Å². The first-order chi connectivity index (χ1) is 9.79. The molecule has 116 valence electrons. The van der Waals surface area contributed by atoms with Gasteiger partial charge in [0.1, 0.15) is 5.82 Å². The molecule has 0 amide bonds. The maximum Gasteiger partial charge on any atom is 0.307 e. The van der Waals surface area contributed by atoms with Gasteiger partial charge in [-0.2, -0.15) is 12.7 Å². The molecule has 1 aromatic rings. The molecule has 1 aliphatic rings. The van der Waals surface area contributed by atoms with E-state index in [0.29, 0.717) is 24.9 Å². The number of halogens is 1.